The third kappa shape index (κ3) is 3.97. The second-order valence-electron chi connectivity index (χ2n) is 8.02. The summed E-state index contributed by atoms with van der Waals surface area (Å²) in [6.45, 7) is 4.05. The molecule has 5 nitrogen and oxygen atoms in total. The first-order chi connectivity index (χ1) is 15.6. The number of hydrogen-bond acceptors (Lipinski definition) is 5. The molecule has 162 valence electrons. The quantitative estimate of drug-likeness (QED) is 0.470. The number of rotatable bonds is 4. The Labute approximate surface area is 191 Å². The number of phenols is 1. The number of phenolic OH excluding ortho intramolecular Hbond substituents is 1. The molecule has 1 aliphatic rings. The maximum Gasteiger partial charge on any atom is 0.200 e. The zero-order valence-corrected chi connectivity index (χ0v) is 18.3. The van der Waals surface area contributed by atoms with Gasteiger partial charge in [0.05, 0.1) is 16.5 Å². The molecule has 0 unspecified atom stereocenters. The molecule has 1 N–H and O–H groups in total. The van der Waals surface area contributed by atoms with E-state index in [4.69, 9.17) is 16.0 Å². The van der Waals surface area contributed by atoms with Crippen molar-refractivity contribution in [2.75, 3.05) is 31.1 Å². The van der Waals surface area contributed by atoms with Crippen molar-refractivity contribution in [3.8, 4) is 16.9 Å². The Morgan fingerprint density at radius 3 is 2.34 bits per heavy atom. The van der Waals surface area contributed by atoms with E-state index in [1.807, 2.05) is 6.07 Å². The van der Waals surface area contributed by atoms with Crippen LogP contribution in [0, 0.1) is 0 Å². The van der Waals surface area contributed by atoms with Gasteiger partial charge in [0.15, 0.2) is 0 Å². The van der Waals surface area contributed by atoms with E-state index in [9.17, 15) is 9.90 Å². The first kappa shape index (κ1) is 20.6. The van der Waals surface area contributed by atoms with E-state index in [1.54, 1.807) is 36.4 Å². The average molecular weight is 447 g/mol. The first-order valence-corrected chi connectivity index (χ1v) is 11.0. The monoisotopic (exact) mass is 446 g/mol. The minimum absolute atomic E-state index is 0.122. The van der Waals surface area contributed by atoms with Gasteiger partial charge in [-0.3, -0.25) is 9.69 Å². The number of piperazine rings is 1. The highest BCUT2D eigenvalue weighted by Gasteiger charge is 2.21. The molecule has 1 aliphatic heterocycles. The molecule has 0 saturated carbocycles. The van der Waals surface area contributed by atoms with Crippen LogP contribution < -0.4 is 10.3 Å². The average Bonchev–Trinajstić information content (AvgIpc) is 2.83. The van der Waals surface area contributed by atoms with Gasteiger partial charge in [-0.1, -0.05) is 41.9 Å². The largest absolute Gasteiger partial charge is 0.507 e. The van der Waals surface area contributed by atoms with Crippen molar-refractivity contribution >= 4 is 28.3 Å². The molecule has 5 rings (SSSR count). The normalized spacial score (nSPS) is 14.7. The van der Waals surface area contributed by atoms with Gasteiger partial charge in [-0.25, -0.2) is 0 Å². The molecule has 0 radical (unpaired) electrons. The van der Waals surface area contributed by atoms with E-state index in [1.165, 1.54) is 12.0 Å². The van der Waals surface area contributed by atoms with E-state index in [-0.39, 0.29) is 11.2 Å². The van der Waals surface area contributed by atoms with Crippen LogP contribution in [-0.2, 0) is 6.54 Å². The molecule has 4 aromatic rings. The predicted octanol–water partition coefficient (Wildman–Crippen LogP) is 5.14. The van der Waals surface area contributed by atoms with Crippen molar-refractivity contribution < 1.29 is 9.52 Å². The topological polar surface area (TPSA) is 56.9 Å². The highest BCUT2D eigenvalue weighted by molar-refractivity contribution is 6.30. The molecule has 0 aliphatic carbocycles. The van der Waals surface area contributed by atoms with Gasteiger partial charge in [-0.05, 0) is 42.0 Å². The maximum atomic E-state index is 13.2. The standard InChI is InChI=1S/C26H23ClN2O3/c27-19-8-6-18(7-9-19)23-17-32-26-21(25(23)31)10-11-24(30)22(26)16-28-12-14-29(15-13-28)20-4-2-1-3-5-20/h1-11,17,30H,12-16H2. The fourth-order valence-electron chi connectivity index (χ4n) is 4.26. The molecule has 32 heavy (non-hydrogen) atoms. The number of anilines is 1. The lowest BCUT2D eigenvalue weighted by molar-refractivity contribution is 0.246. The summed E-state index contributed by atoms with van der Waals surface area (Å²) in [5.74, 6) is 0.144. The Balaban J connectivity index is 1.41. The van der Waals surface area contributed by atoms with Crippen molar-refractivity contribution in [3.63, 3.8) is 0 Å². The third-order valence-corrected chi connectivity index (χ3v) is 6.30. The summed E-state index contributed by atoms with van der Waals surface area (Å²) < 4.78 is 5.92. The van der Waals surface area contributed by atoms with E-state index in [0.29, 0.717) is 33.7 Å². The van der Waals surface area contributed by atoms with Gasteiger partial charge < -0.3 is 14.4 Å². The van der Waals surface area contributed by atoms with E-state index < -0.39 is 0 Å². The number of nitrogens with zero attached hydrogens (tertiary/aromatic N) is 2. The molecule has 1 saturated heterocycles. The maximum absolute atomic E-state index is 13.2. The minimum atomic E-state index is -0.122. The summed E-state index contributed by atoms with van der Waals surface area (Å²) in [7, 11) is 0. The SMILES string of the molecule is O=c1c(-c2ccc(Cl)cc2)coc2c(CN3CCN(c4ccccc4)CC3)c(O)ccc12. The zero-order chi connectivity index (χ0) is 22.1. The van der Waals surface area contributed by atoms with Crippen LogP contribution in [0.5, 0.6) is 5.75 Å². The van der Waals surface area contributed by atoms with E-state index in [0.717, 1.165) is 31.7 Å². The molecule has 0 amide bonds. The molecule has 0 bridgehead atoms. The van der Waals surface area contributed by atoms with Crippen molar-refractivity contribution in [1.82, 2.24) is 4.90 Å². The fraction of sp³-hybridized carbons (Fsp3) is 0.192. The minimum Gasteiger partial charge on any atom is -0.507 e. The van der Waals surface area contributed by atoms with Crippen LogP contribution in [0.4, 0.5) is 5.69 Å². The van der Waals surface area contributed by atoms with Gasteiger partial charge in [-0.15, -0.1) is 0 Å². The summed E-state index contributed by atoms with van der Waals surface area (Å²) in [5.41, 5.74) is 3.41. The van der Waals surface area contributed by atoms with E-state index in [2.05, 4.69) is 34.1 Å². The van der Waals surface area contributed by atoms with Gasteiger partial charge in [0.1, 0.15) is 17.6 Å². The van der Waals surface area contributed by atoms with Gasteiger partial charge in [0.25, 0.3) is 0 Å². The lowest BCUT2D eigenvalue weighted by atomic mass is 10.0. The van der Waals surface area contributed by atoms with Gasteiger partial charge in [0, 0.05) is 43.4 Å². The summed E-state index contributed by atoms with van der Waals surface area (Å²) in [6, 6.07) is 20.7. The highest BCUT2D eigenvalue weighted by atomic mass is 35.5. The lowest BCUT2D eigenvalue weighted by Gasteiger charge is -2.36. The molecule has 1 fully saturated rings. The van der Waals surface area contributed by atoms with Crippen LogP contribution in [0.3, 0.4) is 0 Å². The fourth-order valence-corrected chi connectivity index (χ4v) is 4.38. The second-order valence-corrected chi connectivity index (χ2v) is 8.46. The zero-order valence-electron chi connectivity index (χ0n) is 17.5. The van der Waals surface area contributed by atoms with Crippen LogP contribution in [0.25, 0.3) is 22.1 Å². The Morgan fingerprint density at radius 1 is 0.906 bits per heavy atom. The number of para-hydroxylation sites is 1. The Kier molecular flexibility index (Phi) is 5.60. The summed E-state index contributed by atoms with van der Waals surface area (Å²) in [5, 5.41) is 11.6. The number of benzene rings is 3. The van der Waals surface area contributed by atoms with Crippen LogP contribution in [0.15, 0.2) is 82.2 Å². The first-order valence-electron chi connectivity index (χ1n) is 10.6. The summed E-state index contributed by atoms with van der Waals surface area (Å²) in [4.78, 5) is 17.8. The summed E-state index contributed by atoms with van der Waals surface area (Å²) in [6.07, 6.45) is 1.48. The Bertz CT molecular complexity index is 1290. The molecule has 0 atom stereocenters. The van der Waals surface area contributed by atoms with Gasteiger partial charge in [-0.2, -0.15) is 0 Å². The molecule has 0 spiro atoms. The molecule has 1 aromatic heterocycles. The Morgan fingerprint density at radius 2 is 1.62 bits per heavy atom. The van der Waals surface area contributed by atoms with Crippen LogP contribution in [0.1, 0.15) is 5.56 Å². The molecule has 3 aromatic carbocycles. The Hall–Kier alpha value is -3.28. The van der Waals surface area contributed by atoms with Gasteiger partial charge >= 0.3 is 0 Å². The van der Waals surface area contributed by atoms with Crippen LogP contribution in [-0.4, -0.2) is 36.2 Å². The van der Waals surface area contributed by atoms with Crippen molar-refractivity contribution in [2.45, 2.75) is 6.54 Å². The number of aromatic hydroxyl groups is 1. The molecule has 6 heteroatoms. The smallest absolute Gasteiger partial charge is 0.200 e. The highest BCUT2D eigenvalue weighted by Crippen LogP contribution is 2.30. The summed E-state index contributed by atoms with van der Waals surface area (Å²) >= 11 is 5.97. The molecule has 2 heterocycles. The number of fused-ring (bicyclic) bond motifs is 1. The molecular weight excluding hydrogens is 424 g/mol. The lowest BCUT2D eigenvalue weighted by Crippen LogP contribution is -2.46. The molecular formula is C26H23ClN2O3. The van der Waals surface area contributed by atoms with Crippen molar-refractivity contribution in [2.24, 2.45) is 0 Å². The van der Waals surface area contributed by atoms with Gasteiger partial charge in [0.2, 0.25) is 5.43 Å². The number of halogens is 1. The third-order valence-electron chi connectivity index (χ3n) is 6.05. The van der Waals surface area contributed by atoms with Crippen molar-refractivity contribution in [3.05, 3.63) is 93.8 Å². The van der Waals surface area contributed by atoms with Crippen LogP contribution in [0.2, 0.25) is 5.02 Å². The van der Waals surface area contributed by atoms with E-state index >= 15 is 0 Å². The van der Waals surface area contributed by atoms with Crippen LogP contribution >= 0.6 is 11.6 Å². The second kappa shape index (κ2) is 8.69. The predicted molar refractivity (Wildman–Crippen MR) is 129 cm³/mol. The number of hydrogen-bond donors (Lipinski definition) is 1. The van der Waals surface area contributed by atoms with Crippen molar-refractivity contribution in [1.29, 1.82) is 0 Å².